The van der Waals surface area contributed by atoms with Crippen LogP contribution in [0.5, 0.6) is 0 Å². The maximum absolute atomic E-state index is 12.1. The second-order valence-electron chi connectivity index (χ2n) is 5.14. The molecule has 0 aliphatic heterocycles. The average Bonchev–Trinajstić information content (AvgIpc) is 2.36. The highest BCUT2D eigenvalue weighted by atomic mass is 32.2. The van der Waals surface area contributed by atoms with Crippen molar-refractivity contribution in [3.63, 3.8) is 0 Å². The van der Waals surface area contributed by atoms with Crippen molar-refractivity contribution in [3.05, 3.63) is 0 Å². The smallest absolute Gasteiger partial charge is 0.218 e. The van der Waals surface area contributed by atoms with Crippen LogP contribution in [-0.4, -0.2) is 42.8 Å². The van der Waals surface area contributed by atoms with Gasteiger partial charge in [0.25, 0.3) is 0 Å². The second-order valence-corrected chi connectivity index (χ2v) is 7.55. The minimum atomic E-state index is -3.33. The number of hydrogen-bond acceptors (Lipinski definition) is 3. The molecule has 0 amide bonds. The Balaban J connectivity index is 2.63. The van der Waals surface area contributed by atoms with Crippen LogP contribution in [0.2, 0.25) is 0 Å². The molecule has 0 aromatic heterocycles. The minimum Gasteiger partial charge on any atom is -0.395 e. The van der Waals surface area contributed by atoms with Crippen LogP contribution in [0.15, 0.2) is 0 Å². The molecule has 1 aliphatic carbocycles. The van der Waals surface area contributed by atoms with Gasteiger partial charge in [-0.3, -0.25) is 0 Å². The van der Waals surface area contributed by atoms with Gasteiger partial charge in [-0.1, -0.05) is 13.3 Å². The summed E-state index contributed by atoms with van der Waals surface area (Å²) in [6.07, 6.45) is 5.33. The van der Waals surface area contributed by atoms with Crippen molar-refractivity contribution >= 4 is 10.0 Å². The zero-order valence-electron chi connectivity index (χ0n) is 11.1. The molecule has 17 heavy (non-hydrogen) atoms. The maximum atomic E-state index is 12.1. The Morgan fingerprint density at radius 2 is 1.82 bits per heavy atom. The van der Waals surface area contributed by atoms with Gasteiger partial charge >= 0.3 is 0 Å². The lowest BCUT2D eigenvalue weighted by Crippen LogP contribution is -2.44. The molecule has 0 saturated heterocycles. The molecule has 1 fully saturated rings. The maximum Gasteiger partial charge on any atom is 0.218 e. The molecule has 5 heteroatoms. The van der Waals surface area contributed by atoms with Crippen LogP contribution in [0.25, 0.3) is 0 Å². The van der Waals surface area contributed by atoms with Gasteiger partial charge in [-0.15, -0.1) is 0 Å². The van der Waals surface area contributed by atoms with E-state index in [4.69, 9.17) is 5.11 Å². The van der Waals surface area contributed by atoms with Crippen molar-refractivity contribution in [1.82, 2.24) is 4.31 Å². The third-order valence-electron chi connectivity index (χ3n) is 4.07. The molecule has 4 nitrogen and oxygen atoms in total. The van der Waals surface area contributed by atoms with Crippen LogP contribution >= 0.6 is 0 Å². The summed E-state index contributed by atoms with van der Waals surface area (Å²) in [6, 6.07) is 0.122. The van der Waals surface area contributed by atoms with E-state index >= 15 is 0 Å². The Morgan fingerprint density at radius 3 is 2.24 bits per heavy atom. The molecule has 0 spiro atoms. The molecule has 1 rings (SSSR count). The Bertz CT molecular complexity index is 321. The fraction of sp³-hybridized carbons (Fsp3) is 1.00. The average molecular weight is 263 g/mol. The first-order chi connectivity index (χ1) is 7.93. The Kier molecular flexibility index (Phi) is 5.41. The summed E-state index contributed by atoms with van der Waals surface area (Å²) in [7, 11) is -1.68. The van der Waals surface area contributed by atoms with Crippen molar-refractivity contribution in [2.45, 2.75) is 57.2 Å². The SMILES string of the molecule is CCC1CCC(N(C)S(=O)(=O)C(C)CO)CC1. The van der Waals surface area contributed by atoms with E-state index < -0.39 is 15.3 Å². The molecule has 1 unspecified atom stereocenters. The minimum absolute atomic E-state index is 0.122. The largest absolute Gasteiger partial charge is 0.395 e. The van der Waals surface area contributed by atoms with Gasteiger partial charge in [0, 0.05) is 13.1 Å². The highest BCUT2D eigenvalue weighted by Crippen LogP contribution is 2.30. The molecule has 0 radical (unpaired) electrons. The first-order valence-electron chi connectivity index (χ1n) is 6.51. The van der Waals surface area contributed by atoms with E-state index in [0.717, 1.165) is 31.6 Å². The predicted octanol–water partition coefficient (Wildman–Crippen LogP) is 1.60. The zero-order chi connectivity index (χ0) is 13.1. The standard InChI is InChI=1S/C12H25NO3S/c1-4-11-5-7-12(8-6-11)13(3)17(15,16)10(2)9-14/h10-12,14H,4-9H2,1-3H3. The predicted molar refractivity (Wildman–Crippen MR) is 69.3 cm³/mol. The van der Waals surface area contributed by atoms with Gasteiger partial charge in [0.15, 0.2) is 0 Å². The molecule has 1 atom stereocenters. The van der Waals surface area contributed by atoms with Crippen molar-refractivity contribution in [2.24, 2.45) is 5.92 Å². The van der Waals surface area contributed by atoms with E-state index in [-0.39, 0.29) is 12.6 Å². The molecular weight excluding hydrogens is 238 g/mol. The molecule has 0 aromatic rings. The van der Waals surface area contributed by atoms with E-state index in [9.17, 15) is 8.42 Å². The summed E-state index contributed by atoms with van der Waals surface area (Å²) >= 11 is 0. The first kappa shape index (κ1) is 14.9. The summed E-state index contributed by atoms with van der Waals surface area (Å²) in [5, 5.41) is 8.29. The van der Waals surface area contributed by atoms with E-state index in [1.54, 1.807) is 14.0 Å². The number of hydrogen-bond donors (Lipinski definition) is 1. The summed E-state index contributed by atoms with van der Waals surface area (Å²) in [5.41, 5.74) is 0. The van der Waals surface area contributed by atoms with E-state index in [2.05, 4.69) is 6.92 Å². The van der Waals surface area contributed by atoms with Crippen LogP contribution in [-0.2, 0) is 10.0 Å². The third kappa shape index (κ3) is 3.42. The Labute approximate surface area is 105 Å². The van der Waals surface area contributed by atoms with Crippen molar-refractivity contribution in [1.29, 1.82) is 0 Å². The Morgan fingerprint density at radius 1 is 1.29 bits per heavy atom. The van der Waals surface area contributed by atoms with Crippen LogP contribution in [0.4, 0.5) is 0 Å². The van der Waals surface area contributed by atoms with Gasteiger partial charge in [-0.05, 0) is 38.5 Å². The highest BCUT2D eigenvalue weighted by Gasteiger charge is 2.32. The second kappa shape index (κ2) is 6.16. The summed E-state index contributed by atoms with van der Waals surface area (Å²) in [5.74, 6) is 0.762. The Hall–Kier alpha value is -0.130. The lowest BCUT2D eigenvalue weighted by Gasteiger charge is -2.34. The van der Waals surface area contributed by atoms with Crippen LogP contribution < -0.4 is 0 Å². The molecule has 1 N–H and O–H groups in total. The van der Waals surface area contributed by atoms with Gasteiger partial charge < -0.3 is 5.11 Å². The van der Waals surface area contributed by atoms with Crippen molar-refractivity contribution in [3.8, 4) is 0 Å². The molecule has 1 saturated carbocycles. The number of aliphatic hydroxyl groups is 1. The monoisotopic (exact) mass is 263 g/mol. The third-order valence-corrected chi connectivity index (χ3v) is 6.34. The molecule has 0 aromatic carbocycles. The van der Waals surface area contributed by atoms with E-state index in [1.165, 1.54) is 10.7 Å². The lowest BCUT2D eigenvalue weighted by atomic mass is 9.85. The quantitative estimate of drug-likeness (QED) is 0.819. The molecule has 102 valence electrons. The summed E-state index contributed by atoms with van der Waals surface area (Å²) in [4.78, 5) is 0. The number of nitrogens with zero attached hydrogens (tertiary/aromatic N) is 1. The van der Waals surface area contributed by atoms with Crippen LogP contribution in [0.1, 0.15) is 46.0 Å². The molecule has 0 bridgehead atoms. The highest BCUT2D eigenvalue weighted by molar-refractivity contribution is 7.89. The molecular formula is C12H25NO3S. The molecule has 1 aliphatic rings. The van der Waals surface area contributed by atoms with Gasteiger partial charge in [-0.25, -0.2) is 12.7 Å². The van der Waals surface area contributed by atoms with Gasteiger partial charge in [0.1, 0.15) is 0 Å². The fourth-order valence-corrected chi connectivity index (χ4v) is 3.88. The first-order valence-corrected chi connectivity index (χ1v) is 8.01. The summed E-state index contributed by atoms with van der Waals surface area (Å²) in [6.45, 7) is 3.44. The van der Waals surface area contributed by atoms with Gasteiger partial charge in [-0.2, -0.15) is 0 Å². The van der Waals surface area contributed by atoms with Crippen LogP contribution in [0, 0.1) is 5.92 Å². The van der Waals surface area contributed by atoms with Gasteiger partial charge in [0.05, 0.1) is 11.9 Å². The van der Waals surface area contributed by atoms with E-state index in [0.29, 0.717) is 0 Å². The van der Waals surface area contributed by atoms with Crippen molar-refractivity contribution < 1.29 is 13.5 Å². The summed E-state index contributed by atoms with van der Waals surface area (Å²) < 4.78 is 25.6. The topological polar surface area (TPSA) is 57.6 Å². The fourth-order valence-electron chi connectivity index (χ4n) is 2.50. The number of aliphatic hydroxyl groups excluding tert-OH is 1. The van der Waals surface area contributed by atoms with Crippen LogP contribution in [0.3, 0.4) is 0 Å². The van der Waals surface area contributed by atoms with Crippen molar-refractivity contribution in [2.75, 3.05) is 13.7 Å². The lowest BCUT2D eigenvalue weighted by molar-refractivity contribution is 0.227. The number of rotatable bonds is 5. The normalized spacial score (nSPS) is 28.3. The molecule has 0 heterocycles. The number of sulfonamides is 1. The zero-order valence-corrected chi connectivity index (χ0v) is 11.9. The van der Waals surface area contributed by atoms with Gasteiger partial charge in [0.2, 0.25) is 10.0 Å². The van der Waals surface area contributed by atoms with E-state index in [1.807, 2.05) is 0 Å².